The molecular weight excluding hydrogens is 182 g/mol. The van der Waals surface area contributed by atoms with Gasteiger partial charge in [0.1, 0.15) is 5.75 Å². The highest BCUT2D eigenvalue weighted by molar-refractivity contribution is 7.15. The van der Waals surface area contributed by atoms with E-state index in [1.807, 2.05) is 30.3 Å². The lowest BCUT2D eigenvalue weighted by molar-refractivity contribution is 0.480. The fourth-order valence-electron chi connectivity index (χ4n) is 1.26. The minimum absolute atomic E-state index is 0.258. The van der Waals surface area contributed by atoms with Gasteiger partial charge in [0, 0.05) is 5.38 Å². The molecular formula is C10H9NOS. The van der Waals surface area contributed by atoms with Crippen LogP contribution in [0, 0.1) is 0 Å². The van der Waals surface area contributed by atoms with Crippen LogP contribution in [0.3, 0.4) is 0 Å². The molecule has 3 heteroatoms. The molecule has 0 amide bonds. The Hall–Kier alpha value is -1.48. The Morgan fingerprint density at radius 1 is 1.15 bits per heavy atom. The van der Waals surface area contributed by atoms with Crippen molar-refractivity contribution in [2.75, 3.05) is 5.73 Å². The smallest absolute Gasteiger partial charge is 0.136 e. The Kier molecular flexibility index (Phi) is 1.94. The molecule has 3 N–H and O–H groups in total. The molecule has 2 rings (SSSR count). The minimum Gasteiger partial charge on any atom is -0.506 e. The SMILES string of the molecule is Nc1scc(O)c1-c1ccccc1. The van der Waals surface area contributed by atoms with Crippen LogP contribution in [0.25, 0.3) is 11.1 Å². The number of aromatic hydroxyl groups is 1. The number of nitrogens with two attached hydrogens (primary N) is 1. The van der Waals surface area contributed by atoms with Crippen LogP contribution in [0.15, 0.2) is 35.7 Å². The Balaban J connectivity index is 2.59. The summed E-state index contributed by atoms with van der Waals surface area (Å²) in [6.45, 7) is 0. The highest BCUT2D eigenvalue weighted by Crippen LogP contribution is 2.39. The van der Waals surface area contributed by atoms with Crippen molar-refractivity contribution >= 4 is 16.3 Å². The van der Waals surface area contributed by atoms with Gasteiger partial charge in [-0.15, -0.1) is 11.3 Å². The van der Waals surface area contributed by atoms with Gasteiger partial charge in [-0.05, 0) is 5.56 Å². The van der Waals surface area contributed by atoms with Gasteiger partial charge in [0.05, 0.1) is 10.6 Å². The molecule has 0 atom stereocenters. The number of anilines is 1. The maximum atomic E-state index is 9.52. The highest BCUT2D eigenvalue weighted by Gasteiger charge is 2.09. The maximum absolute atomic E-state index is 9.52. The van der Waals surface area contributed by atoms with Crippen LogP contribution in [0.5, 0.6) is 5.75 Å². The first-order valence-corrected chi connectivity index (χ1v) is 4.78. The lowest BCUT2D eigenvalue weighted by Crippen LogP contribution is -1.83. The molecule has 0 saturated carbocycles. The molecule has 0 radical (unpaired) electrons. The molecule has 0 aliphatic rings. The Labute approximate surface area is 80.3 Å². The lowest BCUT2D eigenvalue weighted by Gasteiger charge is -1.99. The number of hydrogen-bond donors (Lipinski definition) is 2. The van der Waals surface area contributed by atoms with Crippen molar-refractivity contribution in [3.63, 3.8) is 0 Å². The molecule has 66 valence electrons. The molecule has 0 bridgehead atoms. The van der Waals surface area contributed by atoms with Gasteiger partial charge in [-0.1, -0.05) is 30.3 Å². The van der Waals surface area contributed by atoms with Crippen LogP contribution in [-0.2, 0) is 0 Å². The van der Waals surface area contributed by atoms with E-state index in [2.05, 4.69) is 0 Å². The molecule has 0 aliphatic carbocycles. The molecule has 0 fully saturated rings. The van der Waals surface area contributed by atoms with Gasteiger partial charge in [0.2, 0.25) is 0 Å². The summed E-state index contributed by atoms with van der Waals surface area (Å²) in [7, 11) is 0. The predicted octanol–water partition coefficient (Wildman–Crippen LogP) is 2.70. The van der Waals surface area contributed by atoms with E-state index in [4.69, 9.17) is 5.73 Å². The number of thiophene rings is 1. The Bertz CT molecular complexity index is 389. The largest absolute Gasteiger partial charge is 0.506 e. The Morgan fingerprint density at radius 2 is 1.85 bits per heavy atom. The quantitative estimate of drug-likeness (QED) is 0.728. The van der Waals surface area contributed by atoms with E-state index in [9.17, 15) is 5.11 Å². The monoisotopic (exact) mass is 191 g/mol. The fraction of sp³-hybridized carbons (Fsp3) is 0. The van der Waals surface area contributed by atoms with E-state index in [1.54, 1.807) is 5.38 Å². The van der Waals surface area contributed by atoms with Crippen LogP contribution < -0.4 is 5.73 Å². The van der Waals surface area contributed by atoms with Gasteiger partial charge in [0.15, 0.2) is 0 Å². The molecule has 0 unspecified atom stereocenters. The number of rotatable bonds is 1. The van der Waals surface area contributed by atoms with Crippen molar-refractivity contribution in [1.29, 1.82) is 0 Å². The van der Waals surface area contributed by atoms with Crippen LogP contribution in [0.2, 0.25) is 0 Å². The van der Waals surface area contributed by atoms with Crippen molar-refractivity contribution in [3.05, 3.63) is 35.7 Å². The summed E-state index contributed by atoms with van der Waals surface area (Å²) in [6.07, 6.45) is 0. The zero-order chi connectivity index (χ0) is 9.26. The van der Waals surface area contributed by atoms with Crippen LogP contribution in [0.1, 0.15) is 0 Å². The van der Waals surface area contributed by atoms with E-state index in [-0.39, 0.29) is 5.75 Å². The van der Waals surface area contributed by atoms with E-state index in [0.717, 1.165) is 11.1 Å². The number of benzene rings is 1. The number of hydrogen-bond acceptors (Lipinski definition) is 3. The normalized spacial score (nSPS) is 10.2. The summed E-state index contributed by atoms with van der Waals surface area (Å²) < 4.78 is 0. The third kappa shape index (κ3) is 1.38. The molecule has 0 saturated heterocycles. The number of nitrogen functional groups attached to an aromatic ring is 1. The van der Waals surface area contributed by atoms with E-state index >= 15 is 0 Å². The summed E-state index contributed by atoms with van der Waals surface area (Å²) in [5.41, 5.74) is 7.43. The molecule has 1 heterocycles. The fourth-order valence-corrected chi connectivity index (χ4v) is 1.96. The second kappa shape index (κ2) is 3.11. The van der Waals surface area contributed by atoms with Gasteiger partial charge < -0.3 is 10.8 Å². The second-order valence-corrected chi connectivity index (χ2v) is 3.64. The summed E-state index contributed by atoms with van der Waals surface area (Å²) in [5.74, 6) is 0.258. The summed E-state index contributed by atoms with van der Waals surface area (Å²) >= 11 is 1.35. The first-order chi connectivity index (χ1) is 6.29. The van der Waals surface area contributed by atoms with Crippen molar-refractivity contribution in [2.45, 2.75) is 0 Å². The van der Waals surface area contributed by atoms with Crippen molar-refractivity contribution in [3.8, 4) is 16.9 Å². The zero-order valence-electron chi connectivity index (χ0n) is 6.90. The summed E-state index contributed by atoms with van der Waals surface area (Å²) in [5, 5.41) is 11.8. The van der Waals surface area contributed by atoms with E-state index < -0.39 is 0 Å². The first kappa shape index (κ1) is 8.13. The maximum Gasteiger partial charge on any atom is 0.136 e. The molecule has 0 aliphatic heterocycles. The standard InChI is InChI=1S/C10H9NOS/c11-10-9(8(12)6-13-10)7-4-2-1-3-5-7/h1-6,12H,11H2. The minimum atomic E-state index is 0.258. The summed E-state index contributed by atoms with van der Waals surface area (Å²) in [4.78, 5) is 0. The molecule has 0 spiro atoms. The van der Waals surface area contributed by atoms with Crippen LogP contribution in [0.4, 0.5) is 5.00 Å². The average Bonchev–Trinajstić information content (AvgIpc) is 2.48. The lowest BCUT2D eigenvalue weighted by atomic mass is 10.1. The molecule has 1 aromatic heterocycles. The van der Waals surface area contributed by atoms with Crippen LogP contribution >= 0.6 is 11.3 Å². The molecule has 2 nitrogen and oxygen atoms in total. The van der Waals surface area contributed by atoms with Crippen molar-refractivity contribution < 1.29 is 5.11 Å². The predicted molar refractivity (Wildman–Crippen MR) is 55.8 cm³/mol. The average molecular weight is 191 g/mol. The third-order valence-electron chi connectivity index (χ3n) is 1.86. The van der Waals surface area contributed by atoms with Gasteiger partial charge in [-0.2, -0.15) is 0 Å². The van der Waals surface area contributed by atoms with Gasteiger partial charge >= 0.3 is 0 Å². The third-order valence-corrected chi connectivity index (χ3v) is 2.66. The van der Waals surface area contributed by atoms with E-state index in [1.165, 1.54) is 11.3 Å². The van der Waals surface area contributed by atoms with E-state index in [0.29, 0.717) is 5.00 Å². The molecule has 13 heavy (non-hydrogen) atoms. The molecule has 1 aromatic carbocycles. The van der Waals surface area contributed by atoms with Crippen molar-refractivity contribution in [1.82, 2.24) is 0 Å². The van der Waals surface area contributed by atoms with Crippen LogP contribution in [-0.4, -0.2) is 5.11 Å². The topological polar surface area (TPSA) is 46.2 Å². The zero-order valence-corrected chi connectivity index (χ0v) is 7.71. The van der Waals surface area contributed by atoms with Gasteiger partial charge in [-0.3, -0.25) is 0 Å². The summed E-state index contributed by atoms with van der Waals surface area (Å²) in [6, 6.07) is 9.64. The first-order valence-electron chi connectivity index (χ1n) is 3.90. The second-order valence-electron chi connectivity index (χ2n) is 2.73. The van der Waals surface area contributed by atoms with Gasteiger partial charge in [-0.25, -0.2) is 0 Å². The molecule has 2 aromatic rings. The Morgan fingerprint density at radius 3 is 2.38 bits per heavy atom. The van der Waals surface area contributed by atoms with Gasteiger partial charge in [0.25, 0.3) is 0 Å². The van der Waals surface area contributed by atoms with Crippen molar-refractivity contribution in [2.24, 2.45) is 0 Å². The highest BCUT2D eigenvalue weighted by atomic mass is 32.1.